The van der Waals surface area contributed by atoms with E-state index in [1.165, 1.54) is 18.5 Å². The summed E-state index contributed by atoms with van der Waals surface area (Å²) in [5.41, 5.74) is 0.863. The van der Waals surface area contributed by atoms with Gasteiger partial charge in [0.05, 0.1) is 12.2 Å². The van der Waals surface area contributed by atoms with Crippen LogP contribution in [0.1, 0.15) is 23.1 Å². The van der Waals surface area contributed by atoms with Crippen LogP contribution in [0.25, 0.3) is 0 Å². The van der Waals surface area contributed by atoms with Crippen molar-refractivity contribution < 1.29 is 13.9 Å². The zero-order chi connectivity index (χ0) is 17.6. The molecule has 0 saturated heterocycles. The molecule has 0 radical (unpaired) electrons. The molecule has 25 heavy (non-hydrogen) atoms. The summed E-state index contributed by atoms with van der Waals surface area (Å²) in [4.78, 5) is 16.0. The highest BCUT2D eigenvalue weighted by molar-refractivity contribution is 5.92. The van der Waals surface area contributed by atoms with Gasteiger partial charge in [-0.15, -0.1) is 0 Å². The lowest BCUT2D eigenvalue weighted by molar-refractivity contribution is 0.0931. The average molecular weight is 344 g/mol. The van der Waals surface area contributed by atoms with Crippen molar-refractivity contribution in [2.75, 3.05) is 0 Å². The molecule has 0 fully saturated rings. The van der Waals surface area contributed by atoms with Crippen LogP contribution in [-0.2, 0) is 13.2 Å². The van der Waals surface area contributed by atoms with E-state index in [1.54, 1.807) is 29.2 Å². The van der Waals surface area contributed by atoms with Crippen molar-refractivity contribution >= 4 is 5.91 Å². The van der Waals surface area contributed by atoms with Crippen LogP contribution in [0.3, 0.4) is 0 Å². The van der Waals surface area contributed by atoms with Crippen LogP contribution in [0.2, 0.25) is 0 Å². The van der Waals surface area contributed by atoms with Gasteiger partial charge in [0.15, 0.2) is 0 Å². The fraction of sp³-hybridized carbons (Fsp3) is 0.250. The van der Waals surface area contributed by atoms with E-state index in [4.69, 9.17) is 4.74 Å². The van der Waals surface area contributed by atoms with Gasteiger partial charge in [0, 0.05) is 12.1 Å². The SMILES string of the molecule is C[C@@H](Cn1cncn1)NC(=O)c1cc(COc2cccc(F)c2)[nH]n1. The smallest absolute Gasteiger partial charge is 0.272 e. The van der Waals surface area contributed by atoms with Gasteiger partial charge in [-0.3, -0.25) is 14.6 Å². The number of nitrogens with one attached hydrogen (secondary N) is 2. The second-order valence-electron chi connectivity index (χ2n) is 5.52. The van der Waals surface area contributed by atoms with Crippen molar-refractivity contribution in [2.45, 2.75) is 26.1 Å². The summed E-state index contributed by atoms with van der Waals surface area (Å²) in [6.45, 7) is 2.52. The first kappa shape index (κ1) is 16.6. The number of hydrogen-bond acceptors (Lipinski definition) is 5. The van der Waals surface area contributed by atoms with Gasteiger partial charge in [0.1, 0.15) is 36.5 Å². The number of H-pyrrole nitrogens is 1. The Morgan fingerprint density at radius 1 is 1.44 bits per heavy atom. The highest BCUT2D eigenvalue weighted by Crippen LogP contribution is 2.13. The Labute approximate surface area is 143 Å². The number of hydrogen-bond donors (Lipinski definition) is 2. The number of ether oxygens (including phenoxy) is 1. The van der Waals surface area contributed by atoms with Crippen LogP contribution in [0.15, 0.2) is 43.0 Å². The zero-order valence-corrected chi connectivity index (χ0v) is 13.5. The molecule has 2 aromatic heterocycles. The fourth-order valence-electron chi connectivity index (χ4n) is 2.22. The largest absolute Gasteiger partial charge is 0.487 e. The van der Waals surface area contributed by atoms with Crippen molar-refractivity contribution in [1.82, 2.24) is 30.3 Å². The quantitative estimate of drug-likeness (QED) is 0.677. The summed E-state index contributed by atoms with van der Waals surface area (Å²) >= 11 is 0. The number of nitrogens with zero attached hydrogens (tertiary/aromatic N) is 4. The Bertz CT molecular complexity index is 833. The minimum Gasteiger partial charge on any atom is -0.487 e. The Hall–Kier alpha value is -3.23. The monoisotopic (exact) mass is 344 g/mol. The molecule has 130 valence electrons. The fourth-order valence-corrected chi connectivity index (χ4v) is 2.22. The van der Waals surface area contributed by atoms with Crippen LogP contribution >= 0.6 is 0 Å². The third-order valence-corrected chi connectivity index (χ3v) is 3.36. The molecule has 3 rings (SSSR count). The molecule has 0 bridgehead atoms. The minimum atomic E-state index is -0.372. The maximum Gasteiger partial charge on any atom is 0.272 e. The number of carbonyl (C=O) groups is 1. The highest BCUT2D eigenvalue weighted by atomic mass is 19.1. The molecular formula is C16H17FN6O2. The summed E-state index contributed by atoms with van der Waals surface area (Å²) in [5.74, 6) is -0.272. The molecule has 0 aliphatic heterocycles. The molecule has 2 heterocycles. The van der Waals surface area contributed by atoms with Crippen LogP contribution in [-0.4, -0.2) is 36.9 Å². The number of amides is 1. The van der Waals surface area contributed by atoms with Crippen LogP contribution < -0.4 is 10.1 Å². The Kier molecular flexibility index (Phi) is 5.03. The summed E-state index contributed by atoms with van der Waals surface area (Å²) in [6, 6.07) is 7.29. The average Bonchev–Trinajstić information content (AvgIpc) is 3.24. The summed E-state index contributed by atoms with van der Waals surface area (Å²) in [5, 5.41) is 13.5. The Balaban J connectivity index is 1.52. The molecule has 0 aliphatic rings. The molecule has 8 nitrogen and oxygen atoms in total. The van der Waals surface area contributed by atoms with Gasteiger partial charge in [-0.25, -0.2) is 9.37 Å². The Morgan fingerprint density at radius 2 is 2.32 bits per heavy atom. The van der Waals surface area contributed by atoms with Crippen LogP contribution in [0.4, 0.5) is 4.39 Å². The second-order valence-corrected chi connectivity index (χ2v) is 5.52. The van der Waals surface area contributed by atoms with Gasteiger partial charge in [-0.05, 0) is 25.1 Å². The van der Waals surface area contributed by atoms with E-state index in [0.29, 0.717) is 18.0 Å². The van der Waals surface area contributed by atoms with Crippen molar-refractivity contribution in [3.05, 3.63) is 60.2 Å². The molecule has 3 aromatic rings. The molecule has 1 amide bonds. The topological polar surface area (TPSA) is 97.7 Å². The van der Waals surface area contributed by atoms with E-state index >= 15 is 0 Å². The first-order valence-corrected chi connectivity index (χ1v) is 7.66. The second kappa shape index (κ2) is 7.56. The lowest BCUT2D eigenvalue weighted by atomic mass is 10.3. The lowest BCUT2D eigenvalue weighted by Gasteiger charge is -2.12. The van der Waals surface area contributed by atoms with Gasteiger partial charge < -0.3 is 10.1 Å². The number of aromatic nitrogens is 5. The summed E-state index contributed by atoms with van der Waals surface area (Å²) < 4.78 is 20.2. The first-order chi connectivity index (χ1) is 12.1. The number of aromatic amines is 1. The normalized spacial score (nSPS) is 11.9. The Morgan fingerprint density at radius 3 is 3.08 bits per heavy atom. The van der Waals surface area contributed by atoms with E-state index in [0.717, 1.165) is 0 Å². The number of benzene rings is 1. The van der Waals surface area contributed by atoms with Crippen molar-refractivity contribution in [1.29, 1.82) is 0 Å². The van der Waals surface area contributed by atoms with E-state index < -0.39 is 0 Å². The van der Waals surface area contributed by atoms with Crippen molar-refractivity contribution in [3.63, 3.8) is 0 Å². The van der Waals surface area contributed by atoms with Gasteiger partial charge in [-0.1, -0.05) is 6.07 Å². The molecular weight excluding hydrogens is 327 g/mol. The molecule has 0 unspecified atom stereocenters. The summed E-state index contributed by atoms with van der Waals surface area (Å²) in [6.07, 6.45) is 3.02. The third kappa shape index (κ3) is 4.63. The lowest BCUT2D eigenvalue weighted by Crippen LogP contribution is -2.36. The molecule has 1 aromatic carbocycles. The van der Waals surface area contributed by atoms with E-state index in [1.807, 2.05) is 6.92 Å². The predicted octanol–water partition coefficient (Wildman–Crippen LogP) is 1.54. The van der Waals surface area contributed by atoms with Crippen molar-refractivity contribution in [2.24, 2.45) is 0 Å². The maximum absolute atomic E-state index is 13.1. The third-order valence-electron chi connectivity index (χ3n) is 3.36. The van der Waals surface area contributed by atoms with Gasteiger partial charge in [0.2, 0.25) is 0 Å². The van der Waals surface area contributed by atoms with E-state index in [9.17, 15) is 9.18 Å². The highest BCUT2D eigenvalue weighted by Gasteiger charge is 2.14. The molecule has 0 aliphatic carbocycles. The van der Waals surface area contributed by atoms with Gasteiger partial charge >= 0.3 is 0 Å². The predicted molar refractivity (Wildman–Crippen MR) is 86.3 cm³/mol. The van der Waals surface area contributed by atoms with Gasteiger partial charge in [0.25, 0.3) is 5.91 Å². The molecule has 9 heteroatoms. The molecule has 1 atom stereocenters. The maximum atomic E-state index is 13.1. The van der Waals surface area contributed by atoms with Gasteiger partial charge in [-0.2, -0.15) is 10.2 Å². The zero-order valence-electron chi connectivity index (χ0n) is 13.5. The van der Waals surface area contributed by atoms with Crippen LogP contribution in [0.5, 0.6) is 5.75 Å². The van der Waals surface area contributed by atoms with E-state index in [-0.39, 0.29) is 30.1 Å². The van der Waals surface area contributed by atoms with Crippen molar-refractivity contribution in [3.8, 4) is 5.75 Å². The number of rotatable bonds is 7. The molecule has 2 N–H and O–H groups in total. The number of halogens is 1. The summed E-state index contributed by atoms with van der Waals surface area (Å²) in [7, 11) is 0. The molecule has 0 saturated carbocycles. The van der Waals surface area contributed by atoms with Crippen LogP contribution in [0, 0.1) is 5.82 Å². The number of carbonyl (C=O) groups excluding carboxylic acids is 1. The van der Waals surface area contributed by atoms with E-state index in [2.05, 4.69) is 25.6 Å². The standard InChI is InChI=1S/C16H17FN6O2/c1-11(7-23-10-18-9-19-23)20-16(24)15-6-13(21-22-15)8-25-14-4-2-3-12(17)5-14/h2-6,9-11H,7-8H2,1H3,(H,20,24)(H,21,22)/t11-/m0/s1. The minimum absolute atomic E-state index is 0.141. The molecule has 0 spiro atoms. The first-order valence-electron chi connectivity index (χ1n) is 7.66.